The summed E-state index contributed by atoms with van der Waals surface area (Å²) in [6.07, 6.45) is 0.785. The second-order valence-corrected chi connectivity index (χ2v) is 11.5. The molecule has 0 saturated heterocycles. The van der Waals surface area contributed by atoms with Gasteiger partial charge in [0, 0.05) is 25.7 Å². The van der Waals surface area contributed by atoms with E-state index in [1.54, 1.807) is 14.1 Å². The van der Waals surface area contributed by atoms with Crippen molar-refractivity contribution in [2.45, 2.75) is 44.8 Å². The van der Waals surface area contributed by atoms with E-state index in [2.05, 4.69) is 0 Å². The van der Waals surface area contributed by atoms with Gasteiger partial charge in [-0.2, -0.15) is 0 Å². The van der Waals surface area contributed by atoms with Crippen LogP contribution in [0.5, 0.6) is 5.75 Å². The number of phenolic OH excluding ortho intramolecular Hbond substituents is 1. The van der Waals surface area contributed by atoms with Crippen molar-refractivity contribution in [3.63, 3.8) is 0 Å². The molecule has 3 aliphatic rings. The highest BCUT2D eigenvalue weighted by Crippen LogP contribution is 2.52. The molecule has 2 saturated carbocycles. The highest BCUT2D eigenvalue weighted by Gasteiger charge is 2.69. The minimum Gasteiger partial charge on any atom is -0.507 e. The van der Waals surface area contributed by atoms with E-state index < -0.39 is 64.4 Å². The lowest BCUT2D eigenvalue weighted by Crippen LogP contribution is -2.74. The number of hydrogen-bond acceptors (Lipinski definition) is 9. The third kappa shape index (κ3) is 3.80. The smallest absolute Gasteiger partial charge is 0.235 e. The Labute approximate surface area is 215 Å². The maximum Gasteiger partial charge on any atom is 0.235 e. The molecule has 37 heavy (non-hydrogen) atoms. The fourth-order valence-electron chi connectivity index (χ4n) is 6.70. The Kier molecular flexibility index (Phi) is 6.57. The minimum atomic E-state index is -2.72. The number of likely N-dealkylation sites (N-methyl/N-ethyl adjacent to an activating group) is 1. The zero-order valence-electron chi connectivity index (χ0n) is 22.1. The zero-order valence-corrected chi connectivity index (χ0v) is 22.1. The Morgan fingerprint density at radius 3 is 2.27 bits per heavy atom. The minimum absolute atomic E-state index is 0.0330. The summed E-state index contributed by atoms with van der Waals surface area (Å²) < 4.78 is 0. The van der Waals surface area contributed by atoms with Crippen LogP contribution in [0.25, 0.3) is 0 Å². The predicted octanol–water partition coefficient (Wildman–Crippen LogP) is 0.132. The number of carbonyl (C=O) groups is 5. The van der Waals surface area contributed by atoms with Crippen molar-refractivity contribution in [1.82, 2.24) is 4.90 Å². The molecule has 2 fully saturated rings. The highest BCUT2D eigenvalue weighted by molar-refractivity contribution is 6.32. The lowest BCUT2D eigenvalue weighted by atomic mass is 9.52. The average molecular weight is 514 g/mol. The summed E-state index contributed by atoms with van der Waals surface area (Å²) in [4.78, 5) is 69.8. The molecule has 0 radical (unpaired) electrons. The van der Waals surface area contributed by atoms with E-state index in [9.17, 15) is 34.2 Å². The van der Waals surface area contributed by atoms with E-state index in [-0.39, 0.29) is 30.1 Å². The van der Waals surface area contributed by atoms with Crippen LogP contribution in [0.3, 0.4) is 0 Å². The number of aliphatic hydroxyl groups is 1. The second-order valence-electron chi connectivity index (χ2n) is 11.5. The molecular weight excluding hydrogens is 478 g/mol. The summed E-state index contributed by atoms with van der Waals surface area (Å²) in [5, 5.41) is 22.8. The number of rotatable bonds is 5. The predicted molar refractivity (Wildman–Crippen MR) is 134 cm³/mol. The van der Waals surface area contributed by atoms with Gasteiger partial charge in [0.2, 0.25) is 5.91 Å². The number of fused-ring (bicyclic) bond motifs is 3. The standard InChI is InChI=1S/C27H35N3O7/c1-11(2)7-13-10-16(29(3)4)14-8-12-9-15-20(30(5)6)23(33)19(26(28)36)25(35)27(15,37)24(34)17(12)22(32)18(14)21(13)31/h10-12,15,17,19-20,31,37H,7-9H2,1-6H3,(H2,28,36)/t12-,15-,17?,19?,20-,27-/m1/s1. The van der Waals surface area contributed by atoms with Gasteiger partial charge >= 0.3 is 0 Å². The van der Waals surface area contributed by atoms with Gasteiger partial charge in [-0.05, 0) is 62.4 Å². The van der Waals surface area contributed by atoms with Gasteiger partial charge in [0.1, 0.15) is 5.75 Å². The Balaban J connectivity index is 1.90. The Hall–Kier alpha value is -3.11. The summed E-state index contributed by atoms with van der Waals surface area (Å²) in [7, 11) is 6.79. The number of carbonyl (C=O) groups excluding carboxylic acids is 5. The van der Waals surface area contributed by atoms with Crippen LogP contribution in [-0.4, -0.2) is 84.0 Å². The second kappa shape index (κ2) is 9.02. The van der Waals surface area contributed by atoms with E-state index in [4.69, 9.17) is 5.73 Å². The molecule has 0 aromatic heterocycles. The topological polar surface area (TPSA) is 158 Å². The number of benzene rings is 1. The summed E-state index contributed by atoms with van der Waals surface area (Å²) in [6.45, 7) is 3.97. The molecule has 10 heteroatoms. The van der Waals surface area contributed by atoms with Gasteiger partial charge in [-0.25, -0.2) is 0 Å². The van der Waals surface area contributed by atoms with Gasteiger partial charge < -0.3 is 20.8 Å². The molecular formula is C27H35N3O7. The maximum atomic E-state index is 13.9. The first-order valence-electron chi connectivity index (χ1n) is 12.5. The first-order chi connectivity index (χ1) is 17.1. The fraction of sp³-hybridized carbons (Fsp3) is 0.593. The SMILES string of the molecule is CC(C)Cc1cc(N(C)C)c2c(c1O)C(=O)C1C(=O)[C@@]3(O)C(=O)C(C(N)=O)C(=O)[C@H](N(C)C)[C@H]3C[C@H]1C2. The normalized spacial score (nSPS) is 31.3. The number of amides is 1. The van der Waals surface area contributed by atoms with Gasteiger partial charge in [0.05, 0.1) is 17.5 Å². The molecule has 6 atom stereocenters. The third-order valence-electron chi connectivity index (χ3n) is 8.23. The summed E-state index contributed by atoms with van der Waals surface area (Å²) in [5.41, 5.74) is 4.60. The number of ketones is 4. The van der Waals surface area contributed by atoms with Crippen LogP contribution >= 0.6 is 0 Å². The molecule has 0 bridgehead atoms. The fourth-order valence-corrected chi connectivity index (χ4v) is 6.70. The van der Waals surface area contributed by atoms with Crippen molar-refractivity contribution in [1.29, 1.82) is 0 Å². The molecule has 10 nitrogen and oxygen atoms in total. The van der Waals surface area contributed by atoms with Gasteiger partial charge in [0.25, 0.3) is 0 Å². The molecule has 0 spiro atoms. The molecule has 0 aliphatic heterocycles. The van der Waals surface area contributed by atoms with Crippen LogP contribution < -0.4 is 10.6 Å². The van der Waals surface area contributed by atoms with Gasteiger partial charge in [-0.1, -0.05) is 13.8 Å². The number of primary amides is 1. The van der Waals surface area contributed by atoms with Crippen molar-refractivity contribution in [3.05, 3.63) is 22.8 Å². The molecule has 4 rings (SSSR count). The third-order valence-corrected chi connectivity index (χ3v) is 8.23. The molecule has 3 aliphatic carbocycles. The summed E-state index contributed by atoms with van der Waals surface area (Å²) in [5.74, 6) is -10.0. The number of nitrogens with zero attached hydrogens (tertiary/aromatic N) is 2. The number of Topliss-reactive ketones (excluding diaryl/α,β-unsaturated/α-hetero) is 4. The van der Waals surface area contributed by atoms with Crippen molar-refractivity contribution in [2.75, 3.05) is 33.1 Å². The largest absolute Gasteiger partial charge is 0.507 e. The molecule has 4 N–H and O–H groups in total. The molecule has 1 aromatic carbocycles. The molecule has 2 unspecified atom stereocenters. The van der Waals surface area contributed by atoms with Gasteiger partial charge in [0.15, 0.2) is 34.7 Å². The number of aromatic hydroxyl groups is 1. The van der Waals surface area contributed by atoms with E-state index >= 15 is 0 Å². The van der Waals surface area contributed by atoms with Gasteiger partial charge in [-0.15, -0.1) is 0 Å². The highest BCUT2D eigenvalue weighted by atomic mass is 16.3. The lowest BCUT2D eigenvalue weighted by molar-refractivity contribution is -0.181. The average Bonchev–Trinajstić information content (AvgIpc) is 2.77. The first-order valence-corrected chi connectivity index (χ1v) is 12.5. The Bertz CT molecular complexity index is 1220. The Morgan fingerprint density at radius 2 is 1.76 bits per heavy atom. The molecule has 200 valence electrons. The number of nitrogens with two attached hydrogens (primary N) is 1. The lowest BCUT2D eigenvalue weighted by Gasteiger charge is -2.52. The van der Waals surface area contributed by atoms with Crippen molar-refractivity contribution in [3.8, 4) is 5.75 Å². The van der Waals surface area contributed by atoms with Crippen LogP contribution in [0.4, 0.5) is 5.69 Å². The van der Waals surface area contributed by atoms with Gasteiger partial charge in [-0.3, -0.25) is 28.9 Å². The van der Waals surface area contributed by atoms with Crippen LogP contribution in [0.1, 0.15) is 41.8 Å². The summed E-state index contributed by atoms with van der Waals surface area (Å²) in [6, 6.07) is 0.744. The van der Waals surface area contributed by atoms with E-state index in [1.807, 2.05) is 38.9 Å². The summed E-state index contributed by atoms with van der Waals surface area (Å²) >= 11 is 0. The van der Waals surface area contributed by atoms with Crippen molar-refractivity contribution in [2.24, 2.45) is 35.3 Å². The first kappa shape index (κ1) is 26.9. The van der Waals surface area contributed by atoms with Crippen LogP contribution in [0.15, 0.2) is 6.07 Å². The van der Waals surface area contributed by atoms with E-state index in [1.165, 1.54) is 4.90 Å². The zero-order chi connectivity index (χ0) is 27.7. The van der Waals surface area contributed by atoms with Crippen LogP contribution in [0.2, 0.25) is 0 Å². The molecule has 0 heterocycles. The molecule has 1 amide bonds. The van der Waals surface area contributed by atoms with E-state index in [0.29, 0.717) is 17.5 Å². The maximum absolute atomic E-state index is 13.9. The molecule has 1 aromatic rings. The number of hydrogen-bond donors (Lipinski definition) is 3. The number of anilines is 1. The number of phenols is 1. The van der Waals surface area contributed by atoms with Crippen molar-refractivity contribution < 1.29 is 34.2 Å². The quantitative estimate of drug-likeness (QED) is 0.465. The monoisotopic (exact) mass is 513 g/mol. The van der Waals surface area contributed by atoms with Crippen molar-refractivity contribution >= 4 is 34.7 Å². The Morgan fingerprint density at radius 1 is 1.14 bits per heavy atom. The van der Waals surface area contributed by atoms with E-state index in [0.717, 1.165) is 5.69 Å². The van der Waals surface area contributed by atoms with Crippen LogP contribution in [-0.2, 0) is 32.0 Å². The van der Waals surface area contributed by atoms with Crippen LogP contribution in [0, 0.1) is 29.6 Å².